The molecule has 7 heteroatoms. The number of piperazine rings is 1. The standard InChI is InChI=1S/C21H22N4O2S/c26-20-13-18(19-7-4-12-28-19)22-16-25(20)15-21(27)24-10-8-23(9-11-24)14-17-5-2-1-3-6-17/h1-7,12-13,16H,8-11,14-15H2. The van der Waals surface area contributed by atoms with Gasteiger partial charge in [0.05, 0.1) is 16.9 Å². The van der Waals surface area contributed by atoms with E-state index in [-0.39, 0.29) is 18.0 Å². The van der Waals surface area contributed by atoms with Gasteiger partial charge in [-0.3, -0.25) is 19.1 Å². The quantitative estimate of drug-likeness (QED) is 0.666. The average molecular weight is 395 g/mol. The molecular weight excluding hydrogens is 372 g/mol. The van der Waals surface area contributed by atoms with Crippen LogP contribution in [0.25, 0.3) is 10.6 Å². The van der Waals surface area contributed by atoms with Gasteiger partial charge in [0.1, 0.15) is 6.54 Å². The van der Waals surface area contributed by atoms with Crippen molar-refractivity contribution >= 4 is 17.2 Å². The van der Waals surface area contributed by atoms with Crippen LogP contribution in [-0.4, -0.2) is 51.4 Å². The Kier molecular flexibility index (Phi) is 5.64. The summed E-state index contributed by atoms with van der Waals surface area (Å²) in [5, 5.41) is 1.95. The second-order valence-corrected chi connectivity index (χ2v) is 7.81. The van der Waals surface area contributed by atoms with Gasteiger partial charge in [0.15, 0.2) is 0 Å². The first-order chi connectivity index (χ1) is 13.7. The van der Waals surface area contributed by atoms with Crippen molar-refractivity contribution in [2.45, 2.75) is 13.1 Å². The molecule has 0 bridgehead atoms. The van der Waals surface area contributed by atoms with Crippen LogP contribution in [0.15, 0.2) is 65.0 Å². The van der Waals surface area contributed by atoms with Gasteiger partial charge in [-0.2, -0.15) is 0 Å². The third-order valence-corrected chi connectivity index (χ3v) is 5.83. The van der Waals surface area contributed by atoms with Gasteiger partial charge >= 0.3 is 0 Å². The molecule has 0 N–H and O–H groups in total. The second-order valence-electron chi connectivity index (χ2n) is 6.86. The van der Waals surface area contributed by atoms with Gasteiger partial charge in [-0.15, -0.1) is 11.3 Å². The van der Waals surface area contributed by atoms with E-state index in [1.54, 1.807) is 0 Å². The first-order valence-electron chi connectivity index (χ1n) is 9.33. The number of rotatable bonds is 5. The highest BCUT2D eigenvalue weighted by Gasteiger charge is 2.21. The lowest BCUT2D eigenvalue weighted by molar-refractivity contribution is -0.133. The second kappa shape index (κ2) is 8.50. The summed E-state index contributed by atoms with van der Waals surface area (Å²) in [5.41, 5.74) is 1.73. The lowest BCUT2D eigenvalue weighted by Gasteiger charge is -2.34. The Labute approximate surface area is 167 Å². The number of benzene rings is 1. The van der Waals surface area contributed by atoms with Crippen molar-refractivity contribution in [1.82, 2.24) is 19.4 Å². The highest BCUT2D eigenvalue weighted by molar-refractivity contribution is 7.13. The molecule has 1 aliphatic heterocycles. The molecular formula is C21H22N4O2S. The summed E-state index contributed by atoms with van der Waals surface area (Å²) >= 11 is 1.54. The molecule has 4 rings (SSSR count). The fourth-order valence-corrected chi connectivity index (χ4v) is 4.04. The van der Waals surface area contributed by atoms with Crippen molar-refractivity contribution in [3.05, 3.63) is 76.2 Å². The zero-order valence-corrected chi connectivity index (χ0v) is 16.3. The van der Waals surface area contributed by atoms with Crippen molar-refractivity contribution in [2.75, 3.05) is 26.2 Å². The molecule has 1 amide bonds. The summed E-state index contributed by atoms with van der Waals surface area (Å²) < 4.78 is 1.38. The average Bonchev–Trinajstić information content (AvgIpc) is 3.26. The minimum Gasteiger partial charge on any atom is -0.339 e. The Morgan fingerprint density at radius 2 is 1.82 bits per heavy atom. The predicted molar refractivity (Wildman–Crippen MR) is 110 cm³/mol. The molecule has 1 aromatic carbocycles. The van der Waals surface area contributed by atoms with E-state index in [0.717, 1.165) is 24.5 Å². The number of amides is 1. The molecule has 6 nitrogen and oxygen atoms in total. The van der Waals surface area contributed by atoms with Gasteiger partial charge in [0.25, 0.3) is 5.56 Å². The van der Waals surface area contributed by atoms with Crippen molar-refractivity contribution < 1.29 is 4.79 Å². The summed E-state index contributed by atoms with van der Waals surface area (Å²) in [5.74, 6) is -0.0351. The summed E-state index contributed by atoms with van der Waals surface area (Å²) in [6, 6.07) is 15.7. The molecule has 0 radical (unpaired) electrons. The lowest BCUT2D eigenvalue weighted by atomic mass is 10.2. The first-order valence-corrected chi connectivity index (χ1v) is 10.2. The van der Waals surface area contributed by atoms with E-state index in [1.165, 1.54) is 33.9 Å². The van der Waals surface area contributed by atoms with Crippen molar-refractivity contribution in [2.24, 2.45) is 0 Å². The Balaban J connectivity index is 1.33. The Hall–Kier alpha value is -2.77. The normalized spacial score (nSPS) is 14.9. The highest BCUT2D eigenvalue weighted by Crippen LogP contribution is 2.20. The molecule has 0 atom stereocenters. The Morgan fingerprint density at radius 3 is 2.50 bits per heavy atom. The summed E-state index contributed by atoms with van der Waals surface area (Å²) in [7, 11) is 0. The summed E-state index contributed by atoms with van der Waals surface area (Å²) in [6.07, 6.45) is 1.47. The van der Waals surface area contributed by atoms with Crippen molar-refractivity contribution in [3.8, 4) is 10.6 Å². The van der Waals surface area contributed by atoms with Gasteiger partial charge in [-0.1, -0.05) is 36.4 Å². The summed E-state index contributed by atoms with van der Waals surface area (Å²) in [4.78, 5) is 34.4. The predicted octanol–water partition coefficient (Wildman–Crippen LogP) is 2.32. The van der Waals surface area contributed by atoms with Crippen molar-refractivity contribution in [1.29, 1.82) is 0 Å². The van der Waals surface area contributed by atoms with Gasteiger partial charge in [0, 0.05) is 38.8 Å². The molecule has 2 aromatic heterocycles. The number of hydrogen-bond donors (Lipinski definition) is 0. The maximum atomic E-state index is 12.6. The minimum atomic E-state index is -0.200. The molecule has 1 aliphatic rings. The van der Waals surface area contributed by atoms with E-state index in [4.69, 9.17) is 0 Å². The van der Waals surface area contributed by atoms with Crippen LogP contribution in [0.2, 0.25) is 0 Å². The van der Waals surface area contributed by atoms with Crippen LogP contribution in [0.5, 0.6) is 0 Å². The molecule has 0 spiro atoms. The third kappa shape index (κ3) is 4.37. The Morgan fingerprint density at radius 1 is 1.04 bits per heavy atom. The summed E-state index contributed by atoms with van der Waals surface area (Å²) in [6.45, 7) is 3.98. The maximum absolute atomic E-state index is 12.6. The van der Waals surface area contributed by atoms with Gasteiger partial charge in [-0.05, 0) is 17.0 Å². The SMILES string of the molecule is O=C(Cn1cnc(-c2cccs2)cc1=O)N1CCN(Cc2ccccc2)CC1. The van der Waals surface area contributed by atoms with Crippen LogP contribution in [-0.2, 0) is 17.9 Å². The molecule has 144 valence electrons. The van der Waals surface area contributed by atoms with Gasteiger partial charge in [0.2, 0.25) is 5.91 Å². The topological polar surface area (TPSA) is 58.4 Å². The monoisotopic (exact) mass is 394 g/mol. The number of nitrogens with zero attached hydrogens (tertiary/aromatic N) is 4. The molecule has 0 saturated carbocycles. The van der Waals surface area contributed by atoms with E-state index >= 15 is 0 Å². The molecule has 3 aromatic rings. The van der Waals surface area contributed by atoms with Crippen LogP contribution in [0.3, 0.4) is 0 Å². The van der Waals surface area contributed by atoms with E-state index in [9.17, 15) is 9.59 Å². The molecule has 1 fully saturated rings. The maximum Gasteiger partial charge on any atom is 0.254 e. The van der Waals surface area contributed by atoms with Crippen LogP contribution < -0.4 is 5.56 Å². The number of hydrogen-bond acceptors (Lipinski definition) is 5. The largest absolute Gasteiger partial charge is 0.339 e. The van der Waals surface area contributed by atoms with E-state index < -0.39 is 0 Å². The van der Waals surface area contributed by atoms with Gasteiger partial charge in [-0.25, -0.2) is 4.98 Å². The zero-order valence-electron chi connectivity index (χ0n) is 15.5. The highest BCUT2D eigenvalue weighted by atomic mass is 32.1. The lowest BCUT2D eigenvalue weighted by Crippen LogP contribution is -2.49. The molecule has 0 unspecified atom stereocenters. The number of aromatic nitrogens is 2. The van der Waals surface area contributed by atoms with E-state index in [2.05, 4.69) is 22.0 Å². The first kappa shape index (κ1) is 18.6. The molecule has 0 aliphatic carbocycles. The van der Waals surface area contributed by atoms with E-state index in [0.29, 0.717) is 18.8 Å². The number of carbonyl (C=O) groups excluding carboxylic acids is 1. The fourth-order valence-electron chi connectivity index (χ4n) is 3.35. The Bertz CT molecular complexity index is 977. The third-order valence-electron chi connectivity index (χ3n) is 4.93. The molecule has 28 heavy (non-hydrogen) atoms. The molecule has 3 heterocycles. The number of carbonyl (C=O) groups is 1. The molecule has 1 saturated heterocycles. The number of thiophene rings is 1. The van der Waals surface area contributed by atoms with E-state index in [1.807, 2.05) is 40.6 Å². The van der Waals surface area contributed by atoms with Crippen LogP contribution in [0.4, 0.5) is 0 Å². The van der Waals surface area contributed by atoms with Crippen LogP contribution >= 0.6 is 11.3 Å². The van der Waals surface area contributed by atoms with Crippen LogP contribution in [0, 0.1) is 0 Å². The van der Waals surface area contributed by atoms with Gasteiger partial charge < -0.3 is 4.90 Å². The van der Waals surface area contributed by atoms with Crippen LogP contribution in [0.1, 0.15) is 5.56 Å². The zero-order chi connectivity index (χ0) is 19.3. The smallest absolute Gasteiger partial charge is 0.254 e. The van der Waals surface area contributed by atoms with Crippen molar-refractivity contribution in [3.63, 3.8) is 0 Å². The fraction of sp³-hybridized carbons (Fsp3) is 0.286. The minimum absolute atomic E-state index is 0.0351.